The number of aromatic nitrogens is 2. The van der Waals surface area contributed by atoms with Gasteiger partial charge in [-0.15, -0.1) is 0 Å². The van der Waals surface area contributed by atoms with E-state index >= 15 is 0 Å². The second kappa shape index (κ2) is 7.84. The summed E-state index contributed by atoms with van der Waals surface area (Å²) in [5.74, 6) is 0.856. The Hall–Kier alpha value is -3.16. The Balaban J connectivity index is 1.67. The van der Waals surface area contributed by atoms with Crippen molar-refractivity contribution in [3.8, 4) is 17.0 Å². The summed E-state index contributed by atoms with van der Waals surface area (Å²) in [4.78, 5) is 10.2. The van der Waals surface area contributed by atoms with Crippen molar-refractivity contribution in [1.29, 1.82) is 0 Å². The lowest BCUT2D eigenvalue weighted by Crippen LogP contribution is -2.22. The van der Waals surface area contributed by atoms with Gasteiger partial charge in [0.25, 0.3) is 0 Å². The summed E-state index contributed by atoms with van der Waals surface area (Å²) in [6.07, 6.45) is 0.0913. The number of anilines is 2. The van der Waals surface area contributed by atoms with Gasteiger partial charge in [0.2, 0.25) is 5.95 Å². The largest absolute Gasteiger partial charge is 0.488 e. The number of aliphatic hydroxyl groups excluding tert-OH is 2. The Morgan fingerprint density at radius 3 is 2.50 bits per heavy atom. The molecule has 1 aromatic heterocycles. The van der Waals surface area contributed by atoms with Gasteiger partial charge in [0.05, 0.1) is 17.9 Å². The molecule has 0 bridgehead atoms. The zero-order valence-electron chi connectivity index (χ0n) is 15.3. The second-order valence-electron chi connectivity index (χ2n) is 6.79. The number of rotatable bonds is 5. The topological polar surface area (TPSA) is 105 Å². The fraction of sp³-hybridized carbons (Fsp3) is 0.238. The van der Waals surface area contributed by atoms with E-state index in [9.17, 15) is 10.2 Å². The van der Waals surface area contributed by atoms with E-state index in [0.29, 0.717) is 31.1 Å². The van der Waals surface area contributed by atoms with Gasteiger partial charge in [-0.05, 0) is 29.8 Å². The van der Waals surface area contributed by atoms with E-state index in [-0.39, 0.29) is 5.95 Å². The van der Waals surface area contributed by atoms with Crippen LogP contribution in [0, 0.1) is 0 Å². The van der Waals surface area contributed by atoms with Gasteiger partial charge in [0.1, 0.15) is 12.4 Å². The monoisotopic (exact) mass is 378 g/mol. The molecular formula is C21H22N4O3. The minimum Gasteiger partial charge on any atom is -0.488 e. The normalized spacial score (nSPS) is 19.0. The molecule has 0 saturated carbocycles. The van der Waals surface area contributed by atoms with Crippen LogP contribution in [0.4, 0.5) is 11.6 Å². The first-order valence-corrected chi connectivity index (χ1v) is 9.11. The van der Waals surface area contributed by atoms with Gasteiger partial charge in [-0.2, -0.15) is 0 Å². The molecular weight excluding hydrogens is 356 g/mol. The fourth-order valence-electron chi connectivity index (χ4n) is 3.28. The molecule has 4 rings (SSSR count). The van der Waals surface area contributed by atoms with E-state index < -0.39 is 12.2 Å². The number of hydrogen-bond acceptors (Lipinski definition) is 7. The van der Waals surface area contributed by atoms with E-state index in [4.69, 9.17) is 10.5 Å². The van der Waals surface area contributed by atoms with Gasteiger partial charge in [0.15, 0.2) is 0 Å². The van der Waals surface area contributed by atoms with Crippen LogP contribution >= 0.6 is 0 Å². The third-order valence-corrected chi connectivity index (χ3v) is 4.77. The molecule has 1 fully saturated rings. The highest BCUT2D eigenvalue weighted by atomic mass is 16.5. The van der Waals surface area contributed by atoms with E-state index in [1.807, 2.05) is 53.4 Å². The van der Waals surface area contributed by atoms with E-state index in [0.717, 1.165) is 16.8 Å². The lowest BCUT2D eigenvalue weighted by atomic mass is 10.1. The number of ether oxygens (including phenoxy) is 1. The highest BCUT2D eigenvalue weighted by Crippen LogP contribution is 2.34. The Morgan fingerprint density at radius 1 is 1.04 bits per heavy atom. The molecule has 1 saturated heterocycles. The van der Waals surface area contributed by atoms with Crippen LogP contribution in [-0.4, -0.2) is 45.5 Å². The Labute approximate surface area is 163 Å². The molecule has 3 aromatic rings. The van der Waals surface area contributed by atoms with Gasteiger partial charge in [-0.1, -0.05) is 30.3 Å². The van der Waals surface area contributed by atoms with Crippen molar-refractivity contribution in [1.82, 2.24) is 9.97 Å². The summed E-state index contributed by atoms with van der Waals surface area (Å²) in [6.45, 7) is 1.17. The number of hydrogen-bond donors (Lipinski definition) is 3. The number of nitrogens with zero attached hydrogens (tertiary/aromatic N) is 3. The molecule has 7 nitrogen and oxygen atoms in total. The molecule has 4 N–H and O–H groups in total. The zero-order valence-corrected chi connectivity index (χ0v) is 15.3. The predicted octanol–water partition coefficient (Wildman–Crippen LogP) is 1.85. The van der Waals surface area contributed by atoms with Crippen LogP contribution in [0.1, 0.15) is 5.56 Å². The van der Waals surface area contributed by atoms with E-state index in [2.05, 4.69) is 9.97 Å². The number of aliphatic hydroxyl groups is 2. The molecule has 144 valence electrons. The van der Waals surface area contributed by atoms with Gasteiger partial charge in [-0.3, -0.25) is 0 Å². The van der Waals surface area contributed by atoms with E-state index in [1.54, 1.807) is 12.3 Å². The Morgan fingerprint density at radius 2 is 1.79 bits per heavy atom. The predicted molar refractivity (Wildman–Crippen MR) is 107 cm³/mol. The highest BCUT2D eigenvalue weighted by molar-refractivity contribution is 5.73. The minimum atomic E-state index is -0.757. The summed E-state index contributed by atoms with van der Waals surface area (Å²) in [7, 11) is 0. The quantitative estimate of drug-likeness (QED) is 0.622. The third kappa shape index (κ3) is 3.90. The van der Waals surface area contributed by atoms with Crippen molar-refractivity contribution in [2.45, 2.75) is 18.8 Å². The lowest BCUT2D eigenvalue weighted by molar-refractivity contribution is 0.0572. The first kappa shape index (κ1) is 18.2. The summed E-state index contributed by atoms with van der Waals surface area (Å²) < 4.78 is 6.06. The molecule has 1 aliphatic heterocycles. The van der Waals surface area contributed by atoms with Gasteiger partial charge in [0, 0.05) is 30.5 Å². The van der Waals surface area contributed by atoms with Crippen molar-refractivity contribution >= 4 is 11.6 Å². The SMILES string of the molecule is Nc1nccc(-c2cc(N3CC(O)C(O)C3)ccc2OCc2ccccc2)n1. The van der Waals surface area contributed by atoms with Crippen LogP contribution in [0.15, 0.2) is 60.8 Å². The van der Waals surface area contributed by atoms with Crippen LogP contribution in [-0.2, 0) is 6.61 Å². The standard InChI is InChI=1S/C21H22N4O3/c22-21-23-9-8-17(24-21)16-10-15(25-11-18(26)19(27)12-25)6-7-20(16)28-13-14-4-2-1-3-5-14/h1-10,18-19,26-27H,11-13H2,(H2,22,23,24). The molecule has 1 aliphatic rings. The molecule has 0 amide bonds. The molecule has 2 heterocycles. The number of nitrogen functional groups attached to an aromatic ring is 1. The van der Waals surface area contributed by atoms with Gasteiger partial charge < -0.3 is 25.6 Å². The fourth-order valence-corrected chi connectivity index (χ4v) is 3.28. The summed E-state index contributed by atoms with van der Waals surface area (Å²) in [6, 6.07) is 17.4. The zero-order chi connectivity index (χ0) is 19.5. The van der Waals surface area contributed by atoms with Crippen LogP contribution in [0.25, 0.3) is 11.3 Å². The van der Waals surface area contributed by atoms with Crippen molar-refractivity contribution < 1.29 is 14.9 Å². The molecule has 2 aromatic carbocycles. The second-order valence-corrected chi connectivity index (χ2v) is 6.79. The maximum Gasteiger partial charge on any atom is 0.220 e. The van der Waals surface area contributed by atoms with Crippen LogP contribution in [0.5, 0.6) is 5.75 Å². The smallest absolute Gasteiger partial charge is 0.220 e. The average Bonchev–Trinajstić information content (AvgIpc) is 3.05. The summed E-state index contributed by atoms with van der Waals surface area (Å²) in [5.41, 5.74) is 9.13. The first-order valence-electron chi connectivity index (χ1n) is 9.11. The summed E-state index contributed by atoms with van der Waals surface area (Å²) in [5, 5.41) is 19.7. The Bertz CT molecular complexity index is 941. The molecule has 7 heteroatoms. The van der Waals surface area contributed by atoms with Crippen molar-refractivity contribution in [3.05, 3.63) is 66.4 Å². The van der Waals surface area contributed by atoms with Crippen LogP contribution in [0.3, 0.4) is 0 Å². The Kier molecular flexibility index (Phi) is 5.10. The first-order chi connectivity index (χ1) is 13.6. The minimum absolute atomic E-state index is 0.184. The third-order valence-electron chi connectivity index (χ3n) is 4.77. The maximum atomic E-state index is 9.86. The van der Waals surface area contributed by atoms with Crippen molar-refractivity contribution in [2.24, 2.45) is 0 Å². The van der Waals surface area contributed by atoms with Crippen molar-refractivity contribution in [2.75, 3.05) is 23.7 Å². The summed E-state index contributed by atoms with van der Waals surface area (Å²) >= 11 is 0. The van der Waals surface area contributed by atoms with Crippen molar-refractivity contribution in [3.63, 3.8) is 0 Å². The number of β-amino-alcohol motifs (C(OH)–C–C–N with tert-alkyl or cyclic N) is 2. The lowest BCUT2D eigenvalue weighted by Gasteiger charge is -2.20. The van der Waals surface area contributed by atoms with Crippen LogP contribution < -0.4 is 15.4 Å². The molecule has 2 unspecified atom stereocenters. The highest BCUT2D eigenvalue weighted by Gasteiger charge is 2.30. The van der Waals surface area contributed by atoms with Gasteiger partial charge >= 0.3 is 0 Å². The molecule has 0 aliphatic carbocycles. The van der Waals surface area contributed by atoms with Gasteiger partial charge in [-0.25, -0.2) is 9.97 Å². The molecule has 0 spiro atoms. The van der Waals surface area contributed by atoms with E-state index in [1.165, 1.54) is 0 Å². The number of nitrogens with two attached hydrogens (primary N) is 1. The maximum absolute atomic E-state index is 9.86. The average molecular weight is 378 g/mol. The number of benzene rings is 2. The van der Waals surface area contributed by atoms with Crippen LogP contribution in [0.2, 0.25) is 0 Å². The molecule has 2 atom stereocenters. The molecule has 28 heavy (non-hydrogen) atoms. The molecule has 0 radical (unpaired) electrons.